The molecule has 0 saturated heterocycles. The van der Waals surface area contributed by atoms with Crippen molar-refractivity contribution in [2.75, 3.05) is 7.05 Å². The van der Waals surface area contributed by atoms with E-state index in [1.165, 1.54) is 0 Å². The number of ether oxygens (including phenoxy) is 1. The Kier molecular flexibility index (Phi) is 4.02. The molecular formula is C11H17BrN2O2. The van der Waals surface area contributed by atoms with Gasteiger partial charge in [0.2, 0.25) is 0 Å². The SMILES string of the molecule is CN(C(=O)OCc1c[nH]c(Br)c1)C(C)(C)C. The molecule has 0 aliphatic heterocycles. The van der Waals surface area contributed by atoms with E-state index in [1.54, 1.807) is 18.1 Å². The number of rotatable bonds is 2. The second-order valence-electron chi connectivity index (χ2n) is 4.64. The maximum atomic E-state index is 11.7. The maximum Gasteiger partial charge on any atom is 0.410 e. The summed E-state index contributed by atoms with van der Waals surface area (Å²) in [6.07, 6.45) is 1.49. The first-order valence-corrected chi connectivity index (χ1v) is 5.83. The lowest BCUT2D eigenvalue weighted by Crippen LogP contribution is -2.42. The zero-order valence-corrected chi connectivity index (χ0v) is 11.6. The van der Waals surface area contributed by atoms with Crippen molar-refractivity contribution in [3.8, 4) is 0 Å². The van der Waals surface area contributed by atoms with E-state index >= 15 is 0 Å². The number of hydrogen-bond acceptors (Lipinski definition) is 2. The normalized spacial score (nSPS) is 11.3. The minimum Gasteiger partial charge on any atom is -0.444 e. The van der Waals surface area contributed by atoms with Crippen LogP contribution < -0.4 is 0 Å². The lowest BCUT2D eigenvalue weighted by Gasteiger charge is -2.30. The highest BCUT2D eigenvalue weighted by Crippen LogP contribution is 2.14. The molecule has 1 aromatic rings. The summed E-state index contributed by atoms with van der Waals surface area (Å²) in [4.78, 5) is 16.2. The Morgan fingerprint density at radius 3 is 2.62 bits per heavy atom. The fraction of sp³-hybridized carbons (Fsp3) is 0.545. The Bertz CT molecular complexity index is 368. The zero-order chi connectivity index (χ0) is 12.3. The Labute approximate surface area is 104 Å². The topological polar surface area (TPSA) is 45.3 Å². The molecule has 0 fully saturated rings. The van der Waals surface area contributed by atoms with Crippen LogP contribution in [0, 0.1) is 0 Å². The Morgan fingerprint density at radius 2 is 2.19 bits per heavy atom. The van der Waals surface area contributed by atoms with Crippen molar-refractivity contribution in [1.29, 1.82) is 0 Å². The van der Waals surface area contributed by atoms with Gasteiger partial charge in [-0.15, -0.1) is 0 Å². The van der Waals surface area contributed by atoms with Gasteiger partial charge in [0, 0.05) is 24.3 Å². The van der Waals surface area contributed by atoms with Crippen LogP contribution in [-0.4, -0.2) is 28.6 Å². The number of aromatic amines is 1. The van der Waals surface area contributed by atoms with E-state index in [9.17, 15) is 4.79 Å². The van der Waals surface area contributed by atoms with Crippen LogP contribution in [-0.2, 0) is 11.3 Å². The predicted octanol–water partition coefficient (Wildman–Crippen LogP) is 3.14. The summed E-state index contributed by atoms with van der Waals surface area (Å²) in [5.41, 5.74) is 0.707. The molecule has 1 amide bonds. The first-order chi connectivity index (χ1) is 7.30. The quantitative estimate of drug-likeness (QED) is 0.909. The number of amides is 1. The highest BCUT2D eigenvalue weighted by atomic mass is 79.9. The van der Waals surface area contributed by atoms with Gasteiger partial charge in [-0.05, 0) is 42.8 Å². The Balaban J connectivity index is 2.47. The maximum absolute atomic E-state index is 11.7. The molecule has 0 unspecified atom stereocenters. The van der Waals surface area contributed by atoms with Crippen molar-refractivity contribution in [3.05, 3.63) is 22.4 Å². The molecule has 4 nitrogen and oxygen atoms in total. The summed E-state index contributed by atoms with van der Waals surface area (Å²) in [6, 6.07) is 1.88. The number of nitrogens with one attached hydrogen (secondary N) is 1. The van der Waals surface area contributed by atoms with Gasteiger partial charge < -0.3 is 14.6 Å². The smallest absolute Gasteiger partial charge is 0.410 e. The van der Waals surface area contributed by atoms with Crippen LogP contribution in [0.3, 0.4) is 0 Å². The van der Waals surface area contributed by atoms with Crippen molar-refractivity contribution in [1.82, 2.24) is 9.88 Å². The molecule has 1 N–H and O–H groups in total. The Morgan fingerprint density at radius 1 is 1.56 bits per heavy atom. The molecular weight excluding hydrogens is 272 g/mol. The Hall–Kier alpha value is -0.970. The van der Waals surface area contributed by atoms with E-state index in [0.29, 0.717) is 0 Å². The number of hydrogen-bond donors (Lipinski definition) is 1. The second-order valence-corrected chi connectivity index (χ2v) is 5.49. The summed E-state index contributed by atoms with van der Waals surface area (Å²) in [7, 11) is 1.73. The minimum absolute atomic E-state index is 0.226. The monoisotopic (exact) mass is 288 g/mol. The lowest BCUT2D eigenvalue weighted by molar-refractivity contribution is 0.0759. The van der Waals surface area contributed by atoms with Crippen LogP contribution in [0.25, 0.3) is 0 Å². The van der Waals surface area contributed by atoms with Gasteiger partial charge in [-0.2, -0.15) is 0 Å². The standard InChI is InChI=1S/C11H17BrN2O2/c1-11(2,3)14(4)10(15)16-7-8-5-9(12)13-6-8/h5-6,13H,7H2,1-4H3. The van der Waals surface area contributed by atoms with Gasteiger partial charge in [-0.3, -0.25) is 0 Å². The molecule has 0 spiro atoms. The average molecular weight is 289 g/mol. The molecule has 0 aromatic carbocycles. The number of nitrogens with zero attached hydrogens (tertiary/aromatic N) is 1. The van der Waals surface area contributed by atoms with Crippen LogP contribution in [0.5, 0.6) is 0 Å². The molecule has 0 aliphatic carbocycles. The third kappa shape index (κ3) is 3.56. The summed E-state index contributed by atoms with van der Waals surface area (Å²) < 4.78 is 6.05. The van der Waals surface area contributed by atoms with Gasteiger partial charge in [0.25, 0.3) is 0 Å². The van der Waals surface area contributed by atoms with E-state index in [0.717, 1.165) is 10.2 Å². The van der Waals surface area contributed by atoms with Gasteiger partial charge in [0.05, 0.1) is 4.60 Å². The van der Waals surface area contributed by atoms with Crippen molar-refractivity contribution < 1.29 is 9.53 Å². The van der Waals surface area contributed by atoms with E-state index < -0.39 is 0 Å². The summed E-state index contributed by atoms with van der Waals surface area (Å²) in [5.74, 6) is 0. The van der Waals surface area contributed by atoms with Gasteiger partial charge in [0.1, 0.15) is 6.61 Å². The zero-order valence-electron chi connectivity index (χ0n) is 10.0. The molecule has 5 heteroatoms. The van der Waals surface area contributed by atoms with Crippen LogP contribution >= 0.6 is 15.9 Å². The van der Waals surface area contributed by atoms with Gasteiger partial charge in [-0.25, -0.2) is 4.79 Å². The van der Waals surface area contributed by atoms with Crippen LogP contribution in [0.15, 0.2) is 16.9 Å². The summed E-state index contributed by atoms with van der Waals surface area (Å²) in [6.45, 7) is 6.16. The molecule has 1 aromatic heterocycles. The van der Waals surface area contributed by atoms with E-state index in [2.05, 4.69) is 20.9 Å². The first-order valence-electron chi connectivity index (χ1n) is 5.04. The third-order valence-corrected chi connectivity index (χ3v) is 2.81. The third-order valence-electron chi connectivity index (χ3n) is 2.35. The fourth-order valence-corrected chi connectivity index (χ4v) is 1.42. The first kappa shape index (κ1) is 13.1. The molecule has 0 atom stereocenters. The predicted molar refractivity (Wildman–Crippen MR) is 66.2 cm³/mol. The van der Waals surface area contributed by atoms with Crippen molar-refractivity contribution in [3.63, 3.8) is 0 Å². The summed E-state index contributed by atoms with van der Waals surface area (Å²) >= 11 is 3.29. The van der Waals surface area contributed by atoms with Crippen LogP contribution in [0.1, 0.15) is 26.3 Å². The molecule has 0 bridgehead atoms. The second kappa shape index (κ2) is 4.91. The number of aromatic nitrogens is 1. The van der Waals surface area contributed by atoms with Crippen molar-refractivity contribution in [2.24, 2.45) is 0 Å². The molecule has 0 radical (unpaired) electrons. The number of H-pyrrole nitrogens is 1. The van der Waals surface area contributed by atoms with Gasteiger partial charge in [0.15, 0.2) is 0 Å². The molecule has 0 saturated carbocycles. The molecule has 90 valence electrons. The highest BCUT2D eigenvalue weighted by molar-refractivity contribution is 9.10. The number of carbonyl (C=O) groups excluding carboxylic acids is 1. The molecule has 1 rings (SSSR count). The fourth-order valence-electron chi connectivity index (χ4n) is 1.01. The summed E-state index contributed by atoms with van der Waals surface area (Å²) in [5, 5.41) is 0. The molecule has 1 heterocycles. The highest BCUT2D eigenvalue weighted by Gasteiger charge is 2.23. The largest absolute Gasteiger partial charge is 0.444 e. The molecule has 16 heavy (non-hydrogen) atoms. The van der Waals surface area contributed by atoms with Crippen LogP contribution in [0.4, 0.5) is 4.79 Å². The number of halogens is 1. The van der Waals surface area contributed by atoms with E-state index in [4.69, 9.17) is 4.74 Å². The van der Waals surface area contributed by atoms with Crippen molar-refractivity contribution in [2.45, 2.75) is 32.9 Å². The minimum atomic E-state index is -0.315. The van der Waals surface area contributed by atoms with E-state index in [-0.39, 0.29) is 18.2 Å². The number of carbonyl (C=O) groups is 1. The lowest BCUT2D eigenvalue weighted by atomic mass is 10.1. The van der Waals surface area contributed by atoms with Gasteiger partial charge >= 0.3 is 6.09 Å². The average Bonchev–Trinajstić information content (AvgIpc) is 2.58. The molecule has 0 aliphatic rings. The van der Waals surface area contributed by atoms with Gasteiger partial charge in [-0.1, -0.05) is 0 Å². The van der Waals surface area contributed by atoms with Crippen molar-refractivity contribution >= 4 is 22.0 Å². The van der Waals surface area contributed by atoms with E-state index in [1.807, 2.05) is 26.8 Å². The van der Waals surface area contributed by atoms with Crippen LogP contribution in [0.2, 0.25) is 0 Å².